The van der Waals surface area contributed by atoms with Gasteiger partial charge in [0.25, 0.3) is 5.91 Å². The largest absolute Gasteiger partial charge is 0.342 e. The number of rotatable bonds is 7. The molecule has 6 heteroatoms. The second kappa shape index (κ2) is 7.99. The van der Waals surface area contributed by atoms with Crippen LogP contribution < -0.4 is 5.32 Å². The summed E-state index contributed by atoms with van der Waals surface area (Å²) in [4.78, 5) is 17.0. The summed E-state index contributed by atoms with van der Waals surface area (Å²) < 4.78 is 3.62. The molecule has 0 saturated heterocycles. The fourth-order valence-electron chi connectivity index (χ4n) is 3.01. The van der Waals surface area contributed by atoms with Gasteiger partial charge in [0, 0.05) is 26.0 Å². The molecule has 0 fully saturated rings. The maximum atomic E-state index is 12.9. The van der Waals surface area contributed by atoms with E-state index in [1.54, 1.807) is 17.2 Å². The molecule has 1 N–H and O–H groups in total. The normalized spacial score (nSPS) is 12.3. The van der Waals surface area contributed by atoms with Crippen molar-refractivity contribution in [1.29, 1.82) is 0 Å². The Hall–Kier alpha value is -2.89. The standard InChI is InChI=1S/C20H25N5O/c1-15(2)11-17-12-19(24(3)23-17)20(26)22-18(13-25-10-9-21-14-25)16-7-5-4-6-8-16/h4-10,12,14-15,18H,11,13H2,1-3H3,(H,22,26). The van der Waals surface area contributed by atoms with Crippen LogP contribution in [0.3, 0.4) is 0 Å². The molecule has 0 spiro atoms. The summed E-state index contributed by atoms with van der Waals surface area (Å²) >= 11 is 0. The van der Waals surface area contributed by atoms with E-state index >= 15 is 0 Å². The van der Waals surface area contributed by atoms with E-state index in [4.69, 9.17) is 0 Å². The number of amides is 1. The van der Waals surface area contributed by atoms with E-state index in [9.17, 15) is 4.79 Å². The number of hydrogen-bond acceptors (Lipinski definition) is 3. The van der Waals surface area contributed by atoms with Crippen molar-refractivity contribution in [2.45, 2.75) is 32.9 Å². The minimum Gasteiger partial charge on any atom is -0.342 e. The number of aromatic nitrogens is 4. The molecule has 3 rings (SSSR count). The topological polar surface area (TPSA) is 64.7 Å². The van der Waals surface area contributed by atoms with Crippen LogP contribution in [0.25, 0.3) is 0 Å². The van der Waals surface area contributed by atoms with Gasteiger partial charge in [0.2, 0.25) is 0 Å². The van der Waals surface area contributed by atoms with Gasteiger partial charge in [-0.25, -0.2) is 4.98 Å². The Morgan fingerprint density at radius 3 is 2.65 bits per heavy atom. The summed E-state index contributed by atoms with van der Waals surface area (Å²) in [6.45, 7) is 4.91. The Kier molecular flexibility index (Phi) is 5.51. The van der Waals surface area contributed by atoms with E-state index in [0.717, 1.165) is 17.7 Å². The molecule has 2 aromatic heterocycles. The zero-order valence-electron chi connectivity index (χ0n) is 15.5. The third-order valence-electron chi connectivity index (χ3n) is 4.24. The molecule has 0 radical (unpaired) electrons. The van der Waals surface area contributed by atoms with Gasteiger partial charge >= 0.3 is 0 Å². The average molecular weight is 351 g/mol. The van der Waals surface area contributed by atoms with Crippen molar-refractivity contribution in [3.63, 3.8) is 0 Å². The molecule has 0 bridgehead atoms. The summed E-state index contributed by atoms with van der Waals surface area (Å²) in [6.07, 6.45) is 6.25. The van der Waals surface area contributed by atoms with Gasteiger partial charge in [-0.05, 0) is 24.0 Å². The first-order valence-corrected chi connectivity index (χ1v) is 8.87. The van der Waals surface area contributed by atoms with Crippen molar-refractivity contribution in [3.8, 4) is 0 Å². The first-order valence-electron chi connectivity index (χ1n) is 8.87. The monoisotopic (exact) mass is 351 g/mol. The summed E-state index contributed by atoms with van der Waals surface area (Å²) in [5, 5.41) is 7.62. The predicted octanol–water partition coefficient (Wildman–Crippen LogP) is 2.99. The molecule has 0 saturated carbocycles. The van der Waals surface area contributed by atoms with Crippen LogP contribution in [0, 0.1) is 5.92 Å². The van der Waals surface area contributed by atoms with Crippen molar-refractivity contribution in [2.75, 3.05) is 0 Å². The fourth-order valence-corrected chi connectivity index (χ4v) is 3.01. The quantitative estimate of drug-likeness (QED) is 0.712. The summed E-state index contributed by atoms with van der Waals surface area (Å²) in [5.41, 5.74) is 2.57. The summed E-state index contributed by atoms with van der Waals surface area (Å²) in [6, 6.07) is 11.7. The smallest absolute Gasteiger partial charge is 0.270 e. The first-order chi connectivity index (χ1) is 12.5. The lowest BCUT2D eigenvalue weighted by Crippen LogP contribution is -2.32. The van der Waals surface area contributed by atoms with E-state index in [0.29, 0.717) is 18.2 Å². The number of aryl methyl sites for hydroxylation is 1. The number of nitrogens with one attached hydrogen (secondary N) is 1. The lowest BCUT2D eigenvalue weighted by atomic mass is 10.1. The van der Waals surface area contributed by atoms with Crippen LogP contribution in [0.15, 0.2) is 55.1 Å². The van der Waals surface area contributed by atoms with Gasteiger partial charge in [-0.1, -0.05) is 44.2 Å². The van der Waals surface area contributed by atoms with Crippen LogP contribution in [-0.4, -0.2) is 25.2 Å². The van der Waals surface area contributed by atoms with E-state index in [2.05, 4.69) is 29.2 Å². The van der Waals surface area contributed by atoms with E-state index in [-0.39, 0.29) is 11.9 Å². The zero-order valence-corrected chi connectivity index (χ0v) is 15.5. The van der Waals surface area contributed by atoms with Gasteiger partial charge in [0.15, 0.2) is 0 Å². The molecule has 2 heterocycles. The molecule has 1 aromatic carbocycles. The van der Waals surface area contributed by atoms with Gasteiger partial charge in [0.05, 0.1) is 18.1 Å². The minimum absolute atomic E-state index is 0.121. The number of nitrogens with zero attached hydrogens (tertiary/aromatic N) is 4. The molecular weight excluding hydrogens is 326 g/mol. The molecule has 0 aliphatic heterocycles. The minimum atomic E-state index is -0.152. The van der Waals surface area contributed by atoms with Crippen molar-refractivity contribution in [2.24, 2.45) is 13.0 Å². The number of imidazole rings is 1. The Balaban J connectivity index is 1.80. The number of benzene rings is 1. The van der Waals surface area contributed by atoms with Crippen LogP contribution in [-0.2, 0) is 20.0 Å². The molecule has 136 valence electrons. The van der Waals surface area contributed by atoms with Gasteiger partial charge < -0.3 is 9.88 Å². The van der Waals surface area contributed by atoms with Gasteiger partial charge in [0.1, 0.15) is 5.69 Å². The molecule has 0 aliphatic rings. The highest BCUT2D eigenvalue weighted by atomic mass is 16.2. The molecular formula is C20H25N5O. The SMILES string of the molecule is CC(C)Cc1cc(C(=O)NC(Cn2ccnc2)c2ccccc2)n(C)n1. The van der Waals surface area contributed by atoms with Crippen molar-refractivity contribution >= 4 is 5.91 Å². The van der Waals surface area contributed by atoms with Crippen LogP contribution >= 0.6 is 0 Å². The zero-order chi connectivity index (χ0) is 18.5. The summed E-state index contributed by atoms with van der Waals surface area (Å²) in [7, 11) is 1.81. The second-order valence-electron chi connectivity index (χ2n) is 6.94. The lowest BCUT2D eigenvalue weighted by Gasteiger charge is -2.19. The molecule has 1 unspecified atom stereocenters. The van der Waals surface area contributed by atoms with Crippen molar-refractivity contribution < 1.29 is 4.79 Å². The maximum Gasteiger partial charge on any atom is 0.270 e. The summed E-state index contributed by atoms with van der Waals surface area (Å²) in [5.74, 6) is 0.378. The Labute approximate surface area is 153 Å². The predicted molar refractivity (Wildman–Crippen MR) is 101 cm³/mol. The Morgan fingerprint density at radius 2 is 2.00 bits per heavy atom. The fraction of sp³-hybridized carbons (Fsp3) is 0.350. The molecule has 6 nitrogen and oxygen atoms in total. The average Bonchev–Trinajstić information content (AvgIpc) is 3.24. The molecule has 1 atom stereocenters. The molecule has 26 heavy (non-hydrogen) atoms. The van der Waals surface area contributed by atoms with Crippen LogP contribution in [0.2, 0.25) is 0 Å². The molecule has 0 aliphatic carbocycles. The number of hydrogen-bond donors (Lipinski definition) is 1. The maximum absolute atomic E-state index is 12.9. The lowest BCUT2D eigenvalue weighted by molar-refractivity contribution is 0.0923. The molecule has 1 amide bonds. The van der Waals surface area contributed by atoms with Crippen molar-refractivity contribution in [3.05, 3.63) is 72.1 Å². The Morgan fingerprint density at radius 1 is 1.23 bits per heavy atom. The van der Waals surface area contributed by atoms with Crippen LogP contribution in [0.4, 0.5) is 0 Å². The third-order valence-corrected chi connectivity index (χ3v) is 4.24. The highest BCUT2D eigenvalue weighted by Crippen LogP contribution is 2.17. The third kappa shape index (κ3) is 4.39. The second-order valence-corrected chi connectivity index (χ2v) is 6.94. The van der Waals surface area contributed by atoms with Gasteiger partial charge in [-0.2, -0.15) is 5.10 Å². The van der Waals surface area contributed by atoms with Gasteiger partial charge in [-0.3, -0.25) is 9.48 Å². The van der Waals surface area contributed by atoms with Crippen LogP contribution in [0.1, 0.15) is 41.6 Å². The first kappa shape index (κ1) is 17.9. The Bertz CT molecular complexity index is 836. The van der Waals surface area contributed by atoms with E-state index in [1.165, 1.54) is 0 Å². The number of carbonyl (C=O) groups excluding carboxylic acids is 1. The van der Waals surface area contributed by atoms with Crippen LogP contribution in [0.5, 0.6) is 0 Å². The highest BCUT2D eigenvalue weighted by Gasteiger charge is 2.19. The van der Waals surface area contributed by atoms with E-state index in [1.807, 2.05) is 54.2 Å². The van der Waals surface area contributed by atoms with E-state index < -0.39 is 0 Å². The van der Waals surface area contributed by atoms with Crippen molar-refractivity contribution in [1.82, 2.24) is 24.6 Å². The molecule has 3 aromatic rings. The van der Waals surface area contributed by atoms with Gasteiger partial charge in [-0.15, -0.1) is 0 Å². The highest BCUT2D eigenvalue weighted by molar-refractivity contribution is 5.93. The number of carbonyl (C=O) groups is 1.